The molecule has 13 nitrogen and oxygen atoms in total. The highest BCUT2D eigenvalue weighted by Crippen LogP contribution is 1.89. The van der Waals surface area contributed by atoms with Gasteiger partial charge < -0.3 is 40.2 Å². The molecule has 36 heavy (non-hydrogen) atoms. The van der Waals surface area contributed by atoms with Crippen molar-refractivity contribution in [2.75, 3.05) is 79.0 Å². The first-order valence-corrected chi connectivity index (χ1v) is 12.2. The third kappa shape index (κ3) is 24.5. The summed E-state index contributed by atoms with van der Waals surface area (Å²) in [5.41, 5.74) is 0. The van der Waals surface area contributed by atoms with Crippen LogP contribution in [0.4, 0.5) is 0 Å². The SMILES string of the molecule is CCC(=O)NCCOCCOCCC(=O)NCCOCCOCCNC(=O)CCC(=O)NCC(C)=O. The van der Waals surface area contributed by atoms with Gasteiger partial charge in [0, 0.05) is 45.3 Å². The number of rotatable bonds is 24. The van der Waals surface area contributed by atoms with Crippen LogP contribution in [0.15, 0.2) is 0 Å². The van der Waals surface area contributed by atoms with E-state index >= 15 is 0 Å². The summed E-state index contributed by atoms with van der Waals surface area (Å²) in [6.45, 7) is 7.12. The van der Waals surface area contributed by atoms with Crippen LogP contribution in [-0.4, -0.2) is 108 Å². The Bertz CT molecular complexity index is 647. The zero-order valence-corrected chi connectivity index (χ0v) is 21.5. The molecule has 0 saturated heterocycles. The average molecular weight is 519 g/mol. The maximum atomic E-state index is 11.7. The highest BCUT2D eigenvalue weighted by atomic mass is 16.5. The van der Waals surface area contributed by atoms with E-state index in [1.165, 1.54) is 6.92 Å². The summed E-state index contributed by atoms with van der Waals surface area (Å²) in [5, 5.41) is 10.5. The molecule has 4 amide bonds. The highest BCUT2D eigenvalue weighted by Gasteiger charge is 2.07. The molecular weight excluding hydrogens is 476 g/mol. The Morgan fingerprint density at radius 3 is 1.33 bits per heavy atom. The average Bonchev–Trinajstić information content (AvgIpc) is 2.85. The van der Waals surface area contributed by atoms with Crippen LogP contribution >= 0.6 is 0 Å². The summed E-state index contributed by atoms with van der Waals surface area (Å²) < 4.78 is 21.3. The van der Waals surface area contributed by atoms with Crippen LogP contribution < -0.4 is 21.3 Å². The van der Waals surface area contributed by atoms with Gasteiger partial charge in [-0.3, -0.25) is 24.0 Å². The van der Waals surface area contributed by atoms with Gasteiger partial charge in [0.05, 0.1) is 59.4 Å². The van der Waals surface area contributed by atoms with Gasteiger partial charge in [0.15, 0.2) is 0 Å². The molecule has 0 unspecified atom stereocenters. The van der Waals surface area contributed by atoms with Crippen LogP contribution in [0.25, 0.3) is 0 Å². The standard InChI is InChI=1S/C23H42N4O9/c1-3-20(29)24-7-11-34-15-14-33-10-6-23(32)26-9-13-36-17-16-35-12-8-25-21(30)4-5-22(31)27-18-19(2)28/h3-18H2,1-2H3,(H,24,29)(H,25,30)(H,26,32)(H,27,31). The summed E-state index contributed by atoms with van der Waals surface area (Å²) in [7, 11) is 0. The molecule has 208 valence electrons. The summed E-state index contributed by atoms with van der Waals surface area (Å²) >= 11 is 0. The Morgan fingerprint density at radius 1 is 0.500 bits per heavy atom. The van der Waals surface area contributed by atoms with E-state index in [1.807, 2.05) is 0 Å². The number of nitrogens with one attached hydrogen (secondary N) is 4. The first kappa shape index (κ1) is 33.4. The number of carbonyl (C=O) groups is 5. The van der Waals surface area contributed by atoms with E-state index in [9.17, 15) is 24.0 Å². The second-order valence-corrected chi connectivity index (χ2v) is 7.58. The molecule has 0 fully saturated rings. The molecule has 0 aliphatic heterocycles. The summed E-state index contributed by atoms with van der Waals surface area (Å²) in [6, 6.07) is 0. The summed E-state index contributed by atoms with van der Waals surface area (Å²) in [5.74, 6) is -0.901. The van der Waals surface area contributed by atoms with Crippen molar-refractivity contribution in [2.45, 2.75) is 39.5 Å². The van der Waals surface area contributed by atoms with Crippen LogP contribution in [0.1, 0.15) is 39.5 Å². The number of amides is 4. The van der Waals surface area contributed by atoms with Crippen molar-refractivity contribution in [3.63, 3.8) is 0 Å². The molecule has 4 N–H and O–H groups in total. The van der Waals surface area contributed by atoms with E-state index in [0.29, 0.717) is 78.9 Å². The molecule has 0 aliphatic rings. The van der Waals surface area contributed by atoms with Crippen molar-refractivity contribution in [3.05, 3.63) is 0 Å². The lowest BCUT2D eigenvalue weighted by molar-refractivity contribution is -0.127. The third-order valence-corrected chi connectivity index (χ3v) is 4.36. The lowest BCUT2D eigenvalue weighted by Crippen LogP contribution is -2.31. The molecule has 0 rings (SSSR count). The Balaban J connectivity index is 3.35. The predicted molar refractivity (Wildman–Crippen MR) is 130 cm³/mol. The molecule has 0 aromatic heterocycles. The number of ether oxygens (including phenoxy) is 4. The minimum absolute atomic E-state index is 0.0113. The minimum Gasteiger partial charge on any atom is -0.379 e. The van der Waals surface area contributed by atoms with E-state index in [1.54, 1.807) is 6.92 Å². The predicted octanol–water partition coefficient (Wildman–Crippen LogP) is -1.31. The van der Waals surface area contributed by atoms with Crippen molar-refractivity contribution in [1.29, 1.82) is 0 Å². The van der Waals surface area contributed by atoms with Gasteiger partial charge in [-0.25, -0.2) is 0 Å². The van der Waals surface area contributed by atoms with Crippen LogP contribution in [0.3, 0.4) is 0 Å². The van der Waals surface area contributed by atoms with Crippen molar-refractivity contribution in [1.82, 2.24) is 21.3 Å². The highest BCUT2D eigenvalue weighted by molar-refractivity contribution is 5.87. The maximum absolute atomic E-state index is 11.7. The van der Waals surface area contributed by atoms with Crippen LogP contribution in [0.5, 0.6) is 0 Å². The van der Waals surface area contributed by atoms with Gasteiger partial charge in [0.25, 0.3) is 0 Å². The summed E-state index contributed by atoms with van der Waals surface area (Å²) in [4.78, 5) is 56.5. The van der Waals surface area contributed by atoms with Crippen molar-refractivity contribution in [3.8, 4) is 0 Å². The van der Waals surface area contributed by atoms with Crippen LogP contribution in [-0.2, 0) is 42.9 Å². The second kappa shape index (κ2) is 24.1. The third-order valence-electron chi connectivity index (χ3n) is 4.36. The molecule has 0 aromatic carbocycles. The topological polar surface area (TPSA) is 170 Å². The molecule has 13 heteroatoms. The van der Waals surface area contributed by atoms with Gasteiger partial charge in [-0.1, -0.05) is 6.92 Å². The monoisotopic (exact) mass is 518 g/mol. The number of hydrogen-bond donors (Lipinski definition) is 4. The number of carbonyl (C=O) groups excluding carboxylic acids is 5. The number of ketones is 1. The zero-order valence-electron chi connectivity index (χ0n) is 21.5. The Morgan fingerprint density at radius 2 is 0.889 bits per heavy atom. The van der Waals surface area contributed by atoms with Gasteiger partial charge >= 0.3 is 0 Å². The molecule has 0 atom stereocenters. The minimum atomic E-state index is -0.341. The van der Waals surface area contributed by atoms with Gasteiger partial charge in [0.2, 0.25) is 23.6 Å². The Kier molecular flexibility index (Phi) is 22.4. The molecule has 0 saturated carbocycles. The van der Waals surface area contributed by atoms with Crippen LogP contribution in [0, 0.1) is 0 Å². The van der Waals surface area contributed by atoms with Crippen molar-refractivity contribution in [2.24, 2.45) is 0 Å². The fourth-order valence-electron chi connectivity index (χ4n) is 2.44. The molecule has 0 bridgehead atoms. The van der Waals surface area contributed by atoms with Gasteiger partial charge in [-0.05, 0) is 6.92 Å². The van der Waals surface area contributed by atoms with E-state index in [-0.39, 0.29) is 55.2 Å². The first-order valence-electron chi connectivity index (χ1n) is 12.2. The summed E-state index contributed by atoms with van der Waals surface area (Å²) in [6.07, 6.45) is 0.755. The molecule has 0 heterocycles. The normalized spacial score (nSPS) is 10.5. The fourth-order valence-corrected chi connectivity index (χ4v) is 2.44. The van der Waals surface area contributed by atoms with E-state index < -0.39 is 0 Å². The maximum Gasteiger partial charge on any atom is 0.222 e. The van der Waals surface area contributed by atoms with Gasteiger partial charge in [-0.15, -0.1) is 0 Å². The van der Waals surface area contributed by atoms with Gasteiger partial charge in [-0.2, -0.15) is 0 Å². The van der Waals surface area contributed by atoms with Crippen molar-refractivity contribution < 1.29 is 42.9 Å². The number of Topliss-reactive ketones (excluding diaryl/α,β-unsaturated/α-hetero) is 1. The largest absolute Gasteiger partial charge is 0.379 e. The lowest BCUT2D eigenvalue weighted by atomic mass is 10.2. The quantitative estimate of drug-likeness (QED) is 0.113. The fraction of sp³-hybridized carbons (Fsp3) is 0.783. The molecular formula is C23H42N4O9. The lowest BCUT2D eigenvalue weighted by Gasteiger charge is -2.09. The first-order chi connectivity index (χ1) is 17.3. The molecule has 0 radical (unpaired) electrons. The van der Waals surface area contributed by atoms with E-state index in [4.69, 9.17) is 18.9 Å². The van der Waals surface area contributed by atoms with Gasteiger partial charge in [0.1, 0.15) is 5.78 Å². The molecule has 0 spiro atoms. The smallest absolute Gasteiger partial charge is 0.222 e. The Labute approximate surface area is 212 Å². The molecule has 0 aromatic rings. The zero-order chi connectivity index (χ0) is 26.9. The van der Waals surface area contributed by atoms with E-state index in [0.717, 1.165) is 0 Å². The Hall–Kier alpha value is -2.61. The van der Waals surface area contributed by atoms with Crippen LogP contribution in [0.2, 0.25) is 0 Å². The second-order valence-electron chi connectivity index (χ2n) is 7.58. The van der Waals surface area contributed by atoms with E-state index in [2.05, 4.69) is 21.3 Å². The molecule has 0 aliphatic carbocycles. The van der Waals surface area contributed by atoms with Crippen molar-refractivity contribution >= 4 is 29.4 Å². The number of hydrogen-bond acceptors (Lipinski definition) is 9.